The van der Waals surface area contributed by atoms with Crippen LogP contribution in [-0.2, 0) is 25.3 Å². The largest absolute Gasteiger partial charge is 0.748 e. The van der Waals surface area contributed by atoms with Crippen LogP contribution in [0.3, 0.4) is 0 Å². The van der Waals surface area contributed by atoms with E-state index in [4.69, 9.17) is 0 Å². The molecule has 0 rings (SSSR count). The first kappa shape index (κ1) is 9.50. The topological polar surface area (TPSA) is 78.9 Å². The van der Waals surface area contributed by atoms with E-state index in [0.29, 0.717) is 5.23 Å². The highest BCUT2D eigenvalue weighted by Gasteiger charge is 2.00. The maximum absolute atomic E-state index is 10.1. The quantitative estimate of drug-likeness (QED) is 0.402. The van der Waals surface area contributed by atoms with Gasteiger partial charge in [0.15, 0.2) is 0 Å². The summed E-state index contributed by atoms with van der Waals surface area (Å²) < 4.78 is 23.3. The summed E-state index contributed by atoms with van der Waals surface area (Å²) in [7, 11) is 1.14. The van der Waals surface area contributed by atoms with Crippen LogP contribution in [-0.4, -0.2) is 27.0 Å². The average molecular weight is 168 g/mol. The molecule has 0 N–H and O–H groups in total. The summed E-state index contributed by atoms with van der Waals surface area (Å²) in [5.74, 6) is -0.659. The fourth-order valence-corrected chi connectivity index (χ4v) is 0.484. The third-order valence-electron chi connectivity index (χ3n) is 0.423. The molecule has 10 heavy (non-hydrogen) atoms. The van der Waals surface area contributed by atoms with Crippen LogP contribution in [0.15, 0.2) is 0 Å². The zero-order chi connectivity index (χ0) is 8.15. The van der Waals surface area contributed by atoms with E-state index in [1.54, 1.807) is 0 Å². The number of hydrogen-bond acceptors (Lipinski definition) is 6. The highest BCUT2D eigenvalue weighted by atomic mass is 32.2. The first-order valence-corrected chi connectivity index (χ1v) is 3.22. The summed E-state index contributed by atoms with van der Waals surface area (Å²) >= 11 is -2.71. The van der Waals surface area contributed by atoms with Gasteiger partial charge in [-0.25, -0.2) is 4.21 Å². The van der Waals surface area contributed by atoms with E-state index in [1.807, 2.05) is 0 Å². The molecule has 0 saturated carbocycles. The Bertz CT molecular complexity index is 132. The molecular weight excluding hydrogens is 162 g/mol. The molecule has 0 aliphatic rings. The third kappa shape index (κ3) is 5.63. The Hall–Kier alpha value is -0.500. The molecule has 0 amide bonds. The first-order chi connectivity index (χ1) is 4.52. The van der Waals surface area contributed by atoms with E-state index >= 15 is 0 Å². The van der Waals surface area contributed by atoms with Gasteiger partial charge < -0.3 is 9.39 Å². The van der Waals surface area contributed by atoms with Crippen molar-refractivity contribution in [1.29, 1.82) is 0 Å². The van der Waals surface area contributed by atoms with E-state index in [1.165, 1.54) is 0 Å². The lowest BCUT2D eigenvalue weighted by Crippen LogP contribution is -2.22. The number of hydroxylamine groups is 2. The number of carbonyl (C=O) groups is 1. The lowest BCUT2D eigenvalue weighted by molar-refractivity contribution is -0.277. The monoisotopic (exact) mass is 168 g/mol. The molecule has 1 atom stereocenters. The van der Waals surface area contributed by atoms with Gasteiger partial charge in [-0.2, -0.15) is 4.28 Å². The van der Waals surface area contributed by atoms with Gasteiger partial charge >= 0.3 is 5.97 Å². The predicted molar refractivity (Wildman–Crippen MR) is 29.5 cm³/mol. The molecule has 1 unspecified atom stereocenters. The van der Waals surface area contributed by atoms with Crippen LogP contribution in [0.2, 0.25) is 0 Å². The summed E-state index contributed by atoms with van der Waals surface area (Å²) in [6, 6.07) is 0. The highest BCUT2D eigenvalue weighted by molar-refractivity contribution is 7.74. The van der Waals surface area contributed by atoms with Gasteiger partial charge in [-0.1, -0.05) is 0 Å². The highest BCUT2D eigenvalue weighted by Crippen LogP contribution is 1.89. The molecule has 0 aromatic heterocycles. The molecule has 0 heterocycles. The molecule has 0 fully saturated rings. The van der Waals surface area contributed by atoms with Crippen LogP contribution in [0, 0.1) is 0 Å². The van der Waals surface area contributed by atoms with Crippen molar-refractivity contribution in [2.75, 3.05) is 7.05 Å². The lowest BCUT2D eigenvalue weighted by atomic mass is 10.8. The van der Waals surface area contributed by atoms with Gasteiger partial charge in [0.2, 0.25) is 0 Å². The van der Waals surface area contributed by atoms with Crippen LogP contribution in [0.5, 0.6) is 0 Å². The van der Waals surface area contributed by atoms with Gasteiger partial charge in [0.05, 0.1) is 7.05 Å². The van der Waals surface area contributed by atoms with E-state index in [2.05, 4.69) is 9.12 Å². The Morgan fingerprint density at radius 2 is 2.20 bits per heavy atom. The molecule has 0 aromatic rings. The second-order valence-electron chi connectivity index (χ2n) is 1.30. The summed E-state index contributed by atoms with van der Waals surface area (Å²) in [5, 5.41) is 0.436. The molecule has 0 spiro atoms. The molecule has 0 aromatic carbocycles. The van der Waals surface area contributed by atoms with E-state index in [-0.39, 0.29) is 0 Å². The maximum Gasteiger partial charge on any atom is 0.325 e. The summed E-state index contributed by atoms with van der Waals surface area (Å²) in [6.45, 7) is 1.12. The Kier molecular flexibility index (Phi) is 4.12. The second kappa shape index (κ2) is 4.34. The fourth-order valence-electron chi connectivity index (χ4n) is 0.282. The molecule has 6 nitrogen and oxygen atoms in total. The SMILES string of the molecule is CC(=O)ON(C)OS(=O)[O-]. The fraction of sp³-hybridized carbons (Fsp3) is 0.667. The van der Waals surface area contributed by atoms with Crippen LogP contribution < -0.4 is 0 Å². The van der Waals surface area contributed by atoms with E-state index in [0.717, 1.165) is 14.0 Å². The summed E-state index contributed by atoms with van der Waals surface area (Å²) in [4.78, 5) is 14.2. The molecule has 60 valence electrons. The van der Waals surface area contributed by atoms with Gasteiger partial charge in [-0.3, -0.25) is 4.79 Å². The minimum absolute atomic E-state index is 0.436. The number of nitrogens with zero attached hydrogens (tertiary/aromatic N) is 1. The minimum Gasteiger partial charge on any atom is -0.748 e. The molecule has 0 saturated heterocycles. The van der Waals surface area contributed by atoms with Crippen molar-refractivity contribution >= 4 is 17.3 Å². The zero-order valence-electron chi connectivity index (χ0n) is 5.40. The maximum atomic E-state index is 10.1. The van der Waals surface area contributed by atoms with Crippen molar-refractivity contribution in [2.24, 2.45) is 0 Å². The molecule has 0 aliphatic heterocycles. The van der Waals surface area contributed by atoms with E-state index < -0.39 is 17.3 Å². The minimum atomic E-state index is -2.71. The van der Waals surface area contributed by atoms with Gasteiger partial charge in [0.1, 0.15) is 11.4 Å². The molecule has 7 heteroatoms. The molecule has 0 bridgehead atoms. The first-order valence-electron chi connectivity index (χ1n) is 2.22. The van der Waals surface area contributed by atoms with Crippen molar-refractivity contribution < 1.29 is 22.7 Å². The Labute approximate surface area is 60.1 Å². The lowest BCUT2D eigenvalue weighted by Gasteiger charge is -2.14. The van der Waals surface area contributed by atoms with Crippen LogP contribution in [0.4, 0.5) is 0 Å². The normalized spacial score (nSPS) is 13.2. The third-order valence-corrected chi connectivity index (χ3v) is 0.755. The number of rotatable bonds is 3. The van der Waals surface area contributed by atoms with Crippen LogP contribution >= 0.6 is 0 Å². The molecular formula is C3H6NO5S-. The summed E-state index contributed by atoms with van der Waals surface area (Å²) in [6.07, 6.45) is 0. The van der Waals surface area contributed by atoms with Crippen molar-refractivity contribution in [3.8, 4) is 0 Å². The standard InChI is InChI=1S/C3H7NO5S/c1-3(5)8-4(2)9-10(6)7/h1-2H3,(H,6,7)/p-1. The second-order valence-corrected chi connectivity index (χ2v) is 1.86. The Morgan fingerprint density at radius 3 is 2.50 bits per heavy atom. The van der Waals surface area contributed by atoms with Crippen LogP contribution in [0.1, 0.15) is 6.92 Å². The smallest absolute Gasteiger partial charge is 0.325 e. The average Bonchev–Trinajstić information content (AvgIpc) is 1.58. The van der Waals surface area contributed by atoms with Gasteiger partial charge in [0.25, 0.3) is 0 Å². The van der Waals surface area contributed by atoms with Crippen molar-refractivity contribution in [1.82, 2.24) is 5.23 Å². The van der Waals surface area contributed by atoms with E-state index in [9.17, 15) is 13.6 Å². The Morgan fingerprint density at radius 1 is 1.70 bits per heavy atom. The number of hydrogen-bond donors (Lipinski definition) is 0. The van der Waals surface area contributed by atoms with Gasteiger partial charge in [-0.15, -0.1) is 0 Å². The van der Waals surface area contributed by atoms with Crippen LogP contribution in [0.25, 0.3) is 0 Å². The predicted octanol–water partition coefficient (Wildman–Crippen LogP) is -0.878. The summed E-state index contributed by atoms with van der Waals surface area (Å²) in [5.41, 5.74) is 0. The van der Waals surface area contributed by atoms with Crippen molar-refractivity contribution in [2.45, 2.75) is 6.92 Å². The Balaban J connectivity index is 3.53. The molecule has 0 radical (unpaired) electrons. The van der Waals surface area contributed by atoms with Crippen molar-refractivity contribution in [3.63, 3.8) is 0 Å². The van der Waals surface area contributed by atoms with Gasteiger partial charge in [0, 0.05) is 6.92 Å². The zero-order valence-corrected chi connectivity index (χ0v) is 6.21. The molecule has 0 aliphatic carbocycles. The number of carbonyl (C=O) groups excluding carboxylic acids is 1. The van der Waals surface area contributed by atoms with Gasteiger partial charge in [-0.05, 0) is 5.23 Å². The van der Waals surface area contributed by atoms with Crippen molar-refractivity contribution in [3.05, 3.63) is 0 Å².